The smallest absolute Gasteiger partial charge is 0.224 e. The number of rotatable bonds is 10. The fourth-order valence-electron chi connectivity index (χ4n) is 4.69. The summed E-state index contributed by atoms with van der Waals surface area (Å²) in [6.07, 6.45) is 5.45. The fraction of sp³-hybridized carbons (Fsp3) is 0.188. The van der Waals surface area contributed by atoms with Crippen LogP contribution in [0.3, 0.4) is 0 Å². The van der Waals surface area contributed by atoms with Crippen LogP contribution in [0.2, 0.25) is 0 Å². The summed E-state index contributed by atoms with van der Waals surface area (Å²) < 4.78 is 0. The van der Waals surface area contributed by atoms with Crippen molar-refractivity contribution in [2.75, 3.05) is 13.2 Å². The molecule has 2 heterocycles. The topological polar surface area (TPSA) is 98.2 Å². The van der Waals surface area contributed by atoms with E-state index in [2.05, 4.69) is 27.4 Å². The van der Waals surface area contributed by atoms with Crippen LogP contribution < -0.4 is 5.32 Å². The second kappa shape index (κ2) is 11.8. The molecule has 0 radical (unpaired) electrons. The van der Waals surface area contributed by atoms with Crippen molar-refractivity contribution >= 4 is 16.8 Å². The van der Waals surface area contributed by atoms with Gasteiger partial charge in [-0.05, 0) is 53.6 Å². The molecular formula is C32H31N3O3. The molecular weight excluding hydrogens is 474 g/mol. The number of aromatic amines is 1. The molecule has 0 saturated carbocycles. The van der Waals surface area contributed by atoms with Gasteiger partial charge in [0, 0.05) is 35.9 Å². The van der Waals surface area contributed by atoms with E-state index in [0.717, 1.165) is 46.1 Å². The van der Waals surface area contributed by atoms with Crippen LogP contribution in [0.5, 0.6) is 5.75 Å². The van der Waals surface area contributed by atoms with E-state index in [1.807, 2.05) is 72.8 Å². The van der Waals surface area contributed by atoms with E-state index in [1.165, 1.54) is 5.56 Å². The largest absolute Gasteiger partial charge is 0.507 e. The third kappa shape index (κ3) is 5.93. The molecule has 6 heteroatoms. The van der Waals surface area contributed by atoms with E-state index in [4.69, 9.17) is 0 Å². The predicted octanol–water partition coefficient (Wildman–Crippen LogP) is 5.50. The SMILES string of the molecule is O=C(Cc1ccc(-c2cccc(-c3cc4ccncc4[nH]3)c2O)cc1)NCC(CO)CCc1ccccc1. The average molecular weight is 506 g/mol. The molecule has 0 aliphatic heterocycles. The summed E-state index contributed by atoms with van der Waals surface area (Å²) in [5.74, 6) is 0.141. The molecule has 4 N–H and O–H groups in total. The number of aryl methyl sites for hydroxylation is 1. The molecule has 0 aliphatic rings. The number of amides is 1. The molecule has 2 aromatic heterocycles. The average Bonchev–Trinajstić information content (AvgIpc) is 3.38. The van der Waals surface area contributed by atoms with E-state index in [-0.39, 0.29) is 30.6 Å². The standard InChI is InChI=1S/C32H31N3O3/c36-21-24(10-9-22-5-2-1-3-6-22)19-34-31(37)17-23-11-13-25(14-12-23)27-7-4-8-28(32(27)38)29-18-26-15-16-33-20-30(26)35-29/h1-8,11-16,18,20,24,35-36,38H,9-10,17,19,21H2,(H,34,37). The van der Waals surface area contributed by atoms with Crippen molar-refractivity contribution in [3.05, 3.63) is 108 Å². The number of para-hydroxylation sites is 1. The third-order valence-electron chi connectivity index (χ3n) is 6.91. The van der Waals surface area contributed by atoms with E-state index in [1.54, 1.807) is 12.4 Å². The van der Waals surface area contributed by atoms with Gasteiger partial charge in [0.05, 0.1) is 23.8 Å². The van der Waals surface area contributed by atoms with Gasteiger partial charge in [-0.1, -0.05) is 66.7 Å². The lowest BCUT2D eigenvalue weighted by Gasteiger charge is -2.15. The highest BCUT2D eigenvalue weighted by molar-refractivity contribution is 5.89. The molecule has 1 unspecified atom stereocenters. The van der Waals surface area contributed by atoms with Crippen LogP contribution in [-0.4, -0.2) is 39.2 Å². The number of H-pyrrole nitrogens is 1. The zero-order valence-corrected chi connectivity index (χ0v) is 21.1. The van der Waals surface area contributed by atoms with Crippen LogP contribution in [0.15, 0.2) is 97.3 Å². The Bertz CT molecular complexity index is 1480. The van der Waals surface area contributed by atoms with Crippen LogP contribution in [0, 0.1) is 5.92 Å². The minimum absolute atomic E-state index is 0.0188. The Morgan fingerprint density at radius 3 is 2.47 bits per heavy atom. The van der Waals surface area contributed by atoms with Crippen LogP contribution in [0.1, 0.15) is 17.5 Å². The molecule has 6 nitrogen and oxygen atoms in total. The van der Waals surface area contributed by atoms with Gasteiger partial charge in [0.15, 0.2) is 0 Å². The Morgan fingerprint density at radius 2 is 1.71 bits per heavy atom. The number of aromatic hydroxyl groups is 1. The number of aromatic nitrogens is 2. The minimum atomic E-state index is -0.0749. The van der Waals surface area contributed by atoms with Crippen molar-refractivity contribution in [1.29, 1.82) is 0 Å². The molecule has 1 atom stereocenters. The van der Waals surface area contributed by atoms with Gasteiger partial charge in [0.1, 0.15) is 5.75 Å². The first kappa shape index (κ1) is 25.2. The maximum atomic E-state index is 12.6. The Balaban J connectivity index is 1.20. The van der Waals surface area contributed by atoms with Gasteiger partial charge in [-0.2, -0.15) is 0 Å². The van der Waals surface area contributed by atoms with Crippen molar-refractivity contribution in [3.8, 4) is 28.1 Å². The van der Waals surface area contributed by atoms with Gasteiger partial charge in [-0.25, -0.2) is 0 Å². The predicted molar refractivity (Wildman–Crippen MR) is 151 cm³/mol. The number of hydrogen-bond acceptors (Lipinski definition) is 4. The number of benzene rings is 3. The Labute approximate surface area is 222 Å². The number of carbonyl (C=O) groups excluding carboxylic acids is 1. The number of nitrogens with one attached hydrogen (secondary N) is 2. The van der Waals surface area contributed by atoms with Gasteiger partial charge in [-0.3, -0.25) is 9.78 Å². The third-order valence-corrected chi connectivity index (χ3v) is 6.91. The number of fused-ring (bicyclic) bond motifs is 1. The second-order valence-electron chi connectivity index (χ2n) is 9.60. The monoisotopic (exact) mass is 505 g/mol. The van der Waals surface area contributed by atoms with Gasteiger partial charge in [0.2, 0.25) is 5.91 Å². The van der Waals surface area contributed by atoms with E-state index in [0.29, 0.717) is 12.1 Å². The first-order valence-electron chi connectivity index (χ1n) is 12.9. The maximum Gasteiger partial charge on any atom is 0.224 e. The molecule has 5 aromatic rings. The summed E-state index contributed by atoms with van der Waals surface area (Å²) in [4.78, 5) is 20.0. The number of nitrogens with zero attached hydrogens (tertiary/aromatic N) is 1. The second-order valence-corrected chi connectivity index (χ2v) is 9.60. The summed E-state index contributed by atoms with van der Waals surface area (Å²) in [5.41, 5.74) is 6.16. The Kier molecular flexibility index (Phi) is 7.81. The summed E-state index contributed by atoms with van der Waals surface area (Å²) in [7, 11) is 0. The molecule has 0 aliphatic carbocycles. The first-order chi connectivity index (χ1) is 18.6. The number of hydrogen-bond donors (Lipinski definition) is 4. The lowest BCUT2D eigenvalue weighted by Crippen LogP contribution is -2.32. The van der Waals surface area contributed by atoms with E-state index in [9.17, 15) is 15.0 Å². The molecule has 38 heavy (non-hydrogen) atoms. The number of carbonyl (C=O) groups is 1. The van der Waals surface area contributed by atoms with Crippen LogP contribution >= 0.6 is 0 Å². The molecule has 0 bridgehead atoms. The van der Waals surface area contributed by atoms with Gasteiger partial charge in [0.25, 0.3) is 0 Å². The van der Waals surface area contributed by atoms with Crippen molar-refractivity contribution in [2.45, 2.75) is 19.3 Å². The molecule has 5 rings (SSSR count). The Hall–Kier alpha value is -4.42. The summed E-state index contributed by atoms with van der Waals surface area (Å²) >= 11 is 0. The summed E-state index contributed by atoms with van der Waals surface area (Å²) in [6.45, 7) is 0.491. The molecule has 0 spiro atoms. The number of phenols is 1. The molecule has 0 saturated heterocycles. The van der Waals surface area contributed by atoms with Gasteiger partial charge < -0.3 is 20.5 Å². The Morgan fingerprint density at radius 1 is 0.921 bits per heavy atom. The highest BCUT2D eigenvalue weighted by atomic mass is 16.3. The van der Waals surface area contributed by atoms with Crippen LogP contribution in [-0.2, 0) is 17.6 Å². The molecule has 0 fully saturated rings. The van der Waals surface area contributed by atoms with E-state index >= 15 is 0 Å². The quantitative estimate of drug-likeness (QED) is 0.201. The lowest BCUT2D eigenvalue weighted by molar-refractivity contribution is -0.120. The van der Waals surface area contributed by atoms with Crippen LogP contribution in [0.4, 0.5) is 0 Å². The highest BCUT2D eigenvalue weighted by Crippen LogP contribution is 2.38. The van der Waals surface area contributed by atoms with E-state index < -0.39 is 0 Å². The molecule has 1 amide bonds. The summed E-state index contributed by atoms with van der Waals surface area (Å²) in [5, 5.41) is 24.8. The highest BCUT2D eigenvalue weighted by Gasteiger charge is 2.14. The van der Waals surface area contributed by atoms with Gasteiger partial charge in [-0.15, -0.1) is 0 Å². The fourth-order valence-corrected chi connectivity index (χ4v) is 4.69. The van der Waals surface area contributed by atoms with Crippen LogP contribution in [0.25, 0.3) is 33.3 Å². The maximum absolute atomic E-state index is 12.6. The number of pyridine rings is 1. The molecule has 3 aromatic carbocycles. The zero-order valence-electron chi connectivity index (χ0n) is 21.1. The van der Waals surface area contributed by atoms with Crippen molar-refractivity contribution < 1.29 is 15.0 Å². The normalized spacial score (nSPS) is 11.9. The lowest BCUT2D eigenvalue weighted by atomic mass is 9.98. The van der Waals surface area contributed by atoms with Gasteiger partial charge >= 0.3 is 0 Å². The number of aliphatic hydroxyl groups excluding tert-OH is 1. The summed E-state index contributed by atoms with van der Waals surface area (Å²) in [6, 6.07) is 27.5. The van der Waals surface area contributed by atoms with Crippen molar-refractivity contribution in [1.82, 2.24) is 15.3 Å². The number of aliphatic hydroxyl groups is 1. The number of phenolic OH excluding ortho intramolecular Hbond substituents is 1. The van der Waals surface area contributed by atoms with Crippen molar-refractivity contribution in [2.24, 2.45) is 5.92 Å². The first-order valence-corrected chi connectivity index (χ1v) is 12.9. The minimum Gasteiger partial charge on any atom is -0.507 e. The zero-order chi connectivity index (χ0) is 26.3. The van der Waals surface area contributed by atoms with Crippen molar-refractivity contribution in [3.63, 3.8) is 0 Å². The molecule has 192 valence electrons.